The number of carbonyl (C=O) groups excluding carboxylic acids is 1. The van der Waals surface area contributed by atoms with Crippen molar-refractivity contribution in [2.24, 2.45) is 11.7 Å². The number of rotatable bonds is 2. The van der Waals surface area contributed by atoms with Crippen molar-refractivity contribution in [2.45, 2.75) is 31.9 Å². The fourth-order valence-electron chi connectivity index (χ4n) is 2.82. The zero-order chi connectivity index (χ0) is 18.6. The fourth-order valence-corrected chi connectivity index (χ4v) is 2.94. The molecule has 0 saturated heterocycles. The van der Waals surface area contributed by atoms with Crippen LogP contribution < -0.4 is 5.73 Å². The van der Waals surface area contributed by atoms with Crippen LogP contribution in [0.2, 0.25) is 5.02 Å². The van der Waals surface area contributed by atoms with Crippen LogP contribution in [-0.4, -0.2) is 5.91 Å². The van der Waals surface area contributed by atoms with Crippen molar-refractivity contribution < 1.29 is 18.0 Å². The normalized spacial score (nSPS) is 19.4. The van der Waals surface area contributed by atoms with E-state index in [9.17, 15) is 18.0 Å². The summed E-state index contributed by atoms with van der Waals surface area (Å²) in [4.78, 5) is 10.6. The van der Waals surface area contributed by atoms with Crippen LogP contribution in [0.5, 0.6) is 0 Å². The molecule has 0 radical (unpaired) electrons. The predicted molar refractivity (Wildman–Crippen MR) is 92.6 cm³/mol. The number of nitrogens with two attached hydrogens (primary N) is 1. The van der Waals surface area contributed by atoms with E-state index in [1.165, 1.54) is 30.5 Å². The minimum atomic E-state index is -4.54. The molecular weight excluding hydrogens is 351 g/mol. The van der Waals surface area contributed by atoms with Gasteiger partial charge in [0.15, 0.2) is 0 Å². The third-order valence-corrected chi connectivity index (χ3v) is 4.67. The highest BCUT2D eigenvalue weighted by Crippen LogP contribution is 2.42. The molecule has 2 nitrogen and oxygen atoms in total. The lowest BCUT2D eigenvalue weighted by atomic mass is 9.71. The second kappa shape index (κ2) is 7.91. The molecule has 0 spiro atoms. The summed E-state index contributed by atoms with van der Waals surface area (Å²) in [6.07, 6.45) is -1.80. The first kappa shape index (κ1) is 19.3. The largest absolute Gasteiger partial charge is 0.417 e. The highest BCUT2D eigenvalue weighted by atomic mass is 35.5. The van der Waals surface area contributed by atoms with Gasteiger partial charge in [-0.25, -0.2) is 0 Å². The van der Waals surface area contributed by atoms with Crippen LogP contribution in [0.4, 0.5) is 13.2 Å². The Morgan fingerprint density at radius 1 is 1.08 bits per heavy atom. The Labute approximate surface area is 149 Å². The number of hydrogen-bond acceptors (Lipinski definition) is 1. The number of benzene rings is 2. The average Bonchev–Trinajstić information content (AvgIpc) is 2.55. The van der Waals surface area contributed by atoms with Gasteiger partial charge in [-0.2, -0.15) is 13.2 Å². The van der Waals surface area contributed by atoms with Crippen LogP contribution in [0.3, 0.4) is 0 Å². The molecule has 0 heterocycles. The Bertz CT molecular complexity index is 728. The number of carbonyl (C=O) groups is 1. The molecule has 0 bridgehead atoms. The van der Waals surface area contributed by atoms with Crippen molar-refractivity contribution in [1.82, 2.24) is 0 Å². The summed E-state index contributed by atoms with van der Waals surface area (Å²) >= 11 is 5.81. The molecule has 6 heteroatoms. The number of halogens is 4. The molecule has 2 atom stereocenters. The van der Waals surface area contributed by atoms with Gasteiger partial charge in [0.25, 0.3) is 0 Å². The highest BCUT2D eigenvalue weighted by Gasteiger charge is 2.34. The van der Waals surface area contributed by atoms with Gasteiger partial charge in [0.05, 0.1) is 11.1 Å². The lowest BCUT2D eigenvalue weighted by Gasteiger charge is -2.34. The number of alkyl halides is 3. The Balaban J connectivity index is 0.000000181. The van der Waals surface area contributed by atoms with E-state index in [0.717, 1.165) is 29.0 Å². The second-order valence-electron chi connectivity index (χ2n) is 6.12. The summed E-state index contributed by atoms with van der Waals surface area (Å²) in [5, 5.41) is 0.839. The summed E-state index contributed by atoms with van der Waals surface area (Å²) in [6.45, 7) is 2.32. The van der Waals surface area contributed by atoms with Crippen molar-refractivity contribution >= 4 is 17.5 Å². The van der Waals surface area contributed by atoms with Gasteiger partial charge in [0.2, 0.25) is 5.91 Å². The molecular formula is C19H19ClF3NO. The smallest absolute Gasteiger partial charge is 0.366 e. The first-order chi connectivity index (χ1) is 11.7. The molecule has 134 valence electrons. The molecule has 0 unspecified atom stereocenters. The first-order valence-corrected chi connectivity index (χ1v) is 8.29. The molecule has 1 aliphatic carbocycles. The number of primary amides is 1. The van der Waals surface area contributed by atoms with Gasteiger partial charge in [-0.15, -0.1) is 0 Å². The molecule has 2 aromatic carbocycles. The molecule has 3 rings (SSSR count). The van der Waals surface area contributed by atoms with Crippen LogP contribution in [-0.2, 0) is 6.18 Å². The van der Waals surface area contributed by atoms with Gasteiger partial charge in [-0.05, 0) is 54.5 Å². The third-order valence-electron chi connectivity index (χ3n) is 4.42. The van der Waals surface area contributed by atoms with Crippen molar-refractivity contribution in [3.63, 3.8) is 0 Å². The van der Waals surface area contributed by atoms with Crippen LogP contribution in [0.15, 0.2) is 48.5 Å². The molecule has 2 aromatic rings. The van der Waals surface area contributed by atoms with E-state index in [4.69, 9.17) is 17.3 Å². The van der Waals surface area contributed by atoms with Gasteiger partial charge in [0, 0.05) is 5.02 Å². The number of amides is 1. The van der Waals surface area contributed by atoms with Crippen LogP contribution in [0.1, 0.15) is 47.2 Å². The van der Waals surface area contributed by atoms with Gasteiger partial charge in [0.1, 0.15) is 0 Å². The summed E-state index contributed by atoms with van der Waals surface area (Å²) in [5.41, 5.74) is 4.73. The monoisotopic (exact) mass is 369 g/mol. The van der Waals surface area contributed by atoms with E-state index in [0.29, 0.717) is 0 Å². The predicted octanol–water partition coefficient (Wildman–Crippen LogP) is 5.66. The highest BCUT2D eigenvalue weighted by molar-refractivity contribution is 6.30. The van der Waals surface area contributed by atoms with Gasteiger partial charge >= 0.3 is 6.18 Å². The first-order valence-electron chi connectivity index (χ1n) is 7.91. The quantitative estimate of drug-likeness (QED) is 0.729. The van der Waals surface area contributed by atoms with Gasteiger partial charge in [-0.3, -0.25) is 4.79 Å². The Morgan fingerprint density at radius 3 is 2.08 bits per heavy atom. The molecule has 0 aromatic heterocycles. The Kier molecular flexibility index (Phi) is 6.11. The Hall–Kier alpha value is -2.01. The van der Waals surface area contributed by atoms with Crippen molar-refractivity contribution in [2.75, 3.05) is 0 Å². The van der Waals surface area contributed by atoms with Crippen LogP contribution in [0, 0.1) is 5.92 Å². The standard InChI is InChI=1S/C11H13Cl.C8H6F3NO/c1-8-2-7-11(8)9-3-5-10(12)6-4-9;9-8(10,11)6-4-2-1-3-5(6)7(12)13/h3-6,8,11H,2,7H2,1H3;1-4H,(H2,12,13)/t8-,11+;/m1./s1. The maximum absolute atomic E-state index is 12.2. The lowest BCUT2D eigenvalue weighted by Crippen LogP contribution is -2.20. The minimum absolute atomic E-state index is 0.505. The SMILES string of the molecule is C[C@@H]1CC[C@@H]1c1ccc(Cl)cc1.NC(=O)c1ccccc1C(F)(F)F. The van der Waals surface area contributed by atoms with E-state index >= 15 is 0 Å². The van der Waals surface area contributed by atoms with Crippen LogP contribution >= 0.6 is 11.6 Å². The summed E-state index contributed by atoms with van der Waals surface area (Å²) in [5.74, 6) is 0.585. The summed E-state index contributed by atoms with van der Waals surface area (Å²) in [6, 6.07) is 12.7. The maximum atomic E-state index is 12.2. The van der Waals surface area contributed by atoms with Gasteiger partial charge < -0.3 is 5.73 Å². The zero-order valence-corrected chi connectivity index (χ0v) is 14.4. The lowest BCUT2D eigenvalue weighted by molar-refractivity contribution is -0.137. The molecule has 25 heavy (non-hydrogen) atoms. The zero-order valence-electron chi connectivity index (χ0n) is 13.7. The maximum Gasteiger partial charge on any atom is 0.417 e. The topological polar surface area (TPSA) is 43.1 Å². The Morgan fingerprint density at radius 2 is 1.68 bits per heavy atom. The molecule has 2 N–H and O–H groups in total. The molecule has 1 fully saturated rings. The van der Waals surface area contributed by atoms with Crippen molar-refractivity contribution in [3.05, 3.63) is 70.2 Å². The molecule has 1 saturated carbocycles. The number of hydrogen-bond donors (Lipinski definition) is 1. The van der Waals surface area contributed by atoms with Crippen molar-refractivity contribution in [3.8, 4) is 0 Å². The second-order valence-corrected chi connectivity index (χ2v) is 6.56. The van der Waals surface area contributed by atoms with Crippen LogP contribution in [0.25, 0.3) is 0 Å². The third kappa shape index (κ3) is 4.98. The van der Waals surface area contributed by atoms with Crippen molar-refractivity contribution in [1.29, 1.82) is 0 Å². The van der Waals surface area contributed by atoms with E-state index in [2.05, 4.69) is 19.1 Å². The summed E-state index contributed by atoms with van der Waals surface area (Å²) in [7, 11) is 0. The van der Waals surface area contributed by atoms with E-state index in [1.54, 1.807) is 0 Å². The van der Waals surface area contributed by atoms with Gasteiger partial charge in [-0.1, -0.05) is 42.8 Å². The average molecular weight is 370 g/mol. The summed E-state index contributed by atoms with van der Waals surface area (Å²) < 4.78 is 36.6. The van der Waals surface area contributed by atoms with E-state index < -0.39 is 23.2 Å². The minimum Gasteiger partial charge on any atom is -0.366 e. The van der Waals surface area contributed by atoms with E-state index in [-0.39, 0.29) is 0 Å². The molecule has 1 amide bonds. The fraction of sp³-hybridized carbons (Fsp3) is 0.316. The molecule has 0 aliphatic heterocycles. The van der Waals surface area contributed by atoms with E-state index in [1.807, 2.05) is 12.1 Å². The molecule has 1 aliphatic rings.